The summed E-state index contributed by atoms with van der Waals surface area (Å²) in [6.45, 7) is 9.31. The minimum atomic E-state index is -0.322. The first-order valence-electron chi connectivity index (χ1n) is 11.0. The highest BCUT2D eigenvalue weighted by molar-refractivity contribution is 6.01. The summed E-state index contributed by atoms with van der Waals surface area (Å²) >= 11 is 0. The Kier molecular flexibility index (Phi) is 6.79. The molecule has 0 spiro atoms. The first-order valence-corrected chi connectivity index (χ1v) is 11.0. The third-order valence-corrected chi connectivity index (χ3v) is 6.49. The van der Waals surface area contributed by atoms with Crippen LogP contribution < -0.4 is 16.0 Å². The third kappa shape index (κ3) is 5.56. The van der Waals surface area contributed by atoms with Crippen LogP contribution in [0.1, 0.15) is 37.2 Å². The maximum absolute atomic E-state index is 11.9. The summed E-state index contributed by atoms with van der Waals surface area (Å²) in [7, 11) is 0. The van der Waals surface area contributed by atoms with E-state index in [1.54, 1.807) is 0 Å². The van der Waals surface area contributed by atoms with Gasteiger partial charge in [0.1, 0.15) is 6.04 Å². The van der Waals surface area contributed by atoms with E-state index in [4.69, 9.17) is 0 Å². The van der Waals surface area contributed by atoms with Crippen molar-refractivity contribution < 1.29 is 9.59 Å². The standard InChI is InChI=1S/C22H33N5O2/c28-21-6-5-20(22(29)25-21)24-19-3-1-17(2-4-19)18-7-11-26(12-8-18)15-16-27-13-9-23-10-14-27/h1-4,18,20,23-24H,5-16H2,(H,25,28,29). The van der Waals surface area contributed by atoms with Crippen molar-refractivity contribution in [1.82, 2.24) is 20.4 Å². The lowest BCUT2D eigenvalue weighted by Crippen LogP contribution is -2.47. The van der Waals surface area contributed by atoms with E-state index in [0.29, 0.717) is 18.8 Å². The van der Waals surface area contributed by atoms with Crippen LogP contribution in [0.4, 0.5) is 5.69 Å². The molecule has 7 heteroatoms. The van der Waals surface area contributed by atoms with Crippen LogP contribution in [0, 0.1) is 0 Å². The van der Waals surface area contributed by atoms with Crippen molar-refractivity contribution in [3.05, 3.63) is 29.8 Å². The highest BCUT2D eigenvalue weighted by atomic mass is 16.2. The number of amides is 2. The lowest BCUT2D eigenvalue weighted by Gasteiger charge is -2.35. The van der Waals surface area contributed by atoms with Crippen LogP contribution >= 0.6 is 0 Å². The van der Waals surface area contributed by atoms with Crippen LogP contribution in [0.5, 0.6) is 0 Å². The first-order chi connectivity index (χ1) is 14.2. The second-order valence-electron chi connectivity index (χ2n) is 8.48. The van der Waals surface area contributed by atoms with E-state index in [-0.39, 0.29) is 17.9 Å². The second kappa shape index (κ2) is 9.69. The molecule has 3 heterocycles. The van der Waals surface area contributed by atoms with E-state index in [1.165, 1.54) is 57.7 Å². The van der Waals surface area contributed by atoms with E-state index in [9.17, 15) is 9.59 Å². The van der Waals surface area contributed by atoms with Gasteiger partial charge in [0.2, 0.25) is 11.8 Å². The fourth-order valence-corrected chi connectivity index (χ4v) is 4.59. The van der Waals surface area contributed by atoms with Crippen molar-refractivity contribution in [3.8, 4) is 0 Å². The van der Waals surface area contributed by atoms with Crippen LogP contribution in [-0.2, 0) is 9.59 Å². The smallest absolute Gasteiger partial charge is 0.249 e. The van der Waals surface area contributed by atoms with Crippen molar-refractivity contribution in [1.29, 1.82) is 0 Å². The van der Waals surface area contributed by atoms with Gasteiger partial charge in [0, 0.05) is 51.4 Å². The number of imide groups is 1. The summed E-state index contributed by atoms with van der Waals surface area (Å²) in [6, 6.07) is 8.19. The second-order valence-corrected chi connectivity index (χ2v) is 8.48. The Morgan fingerprint density at radius 1 is 0.897 bits per heavy atom. The SMILES string of the molecule is O=C1CCC(Nc2ccc(C3CCN(CCN4CCNCC4)CC3)cc2)C(=O)N1. The van der Waals surface area contributed by atoms with Crippen LogP contribution in [0.2, 0.25) is 0 Å². The van der Waals surface area contributed by atoms with Gasteiger partial charge in [-0.1, -0.05) is 12.1 Å². The predicted molar refractivity (Wildman–Crippen MR) is 114 cm³/mol. The molecule has 158 valence electrons. The molecule has 3 saturated heterocycles. The van der Waals surface area contributed by atoms with Gasteiger partial charge >= 0.3 is 0 Å². The quantitative estimate of drug-likeness (QED) is 0.620. The number of piperidine rings is 2. The summed E-state index contributed by atoms with van der Waals surface area (Å²) in [5.41, 5.74) is 2.33. The lowest BCUT2D eigenvalue weighted by molar-refractivity contribution is -0.133. The van der Waals surface area contributed by atoms with E-state index < -0.39 is 0 Å². The molecule has 3 aliphatic heterocycles. The molecule has 0 bridgehead atoms. The zero-order chi connectivity index (χ0) is 20.1. The number of carbonyl (C=O) groups is 2. The third-order valence-electron chi connectivity index (χ3n) is 6.49. The molecule has 0 aromatic heterocycles. The molecule has 1 aromatic carbocycles. The summed E-state index contributed by atoms with van der Waals surface area (Å²) in [5, 5.41) is 9.07. The van der Waals surface area contributed by atoms with E-state index in [2.05, 4.69) is 50.0 Å². The number of anilines is 1. The average Bonchev–Trinajstić information content (AvgIpc) is 2.76. The largest absolute Gasteiger partial charge is 0.374 e. The maximum atomic E-state index is 11.9. The first kappa shape index (κ1) is 20.3. The molecule has 3 N–H and O–H groups in total. The molecule has 2 amide bonds. The summed E-state index contributed by atoms with van der Waals surface area (Å²) in [4.78, 5) is 28.3. The van der Waals surface area contributed by atoms with E-state index in [1.807, 2.05) is 0 Å². The number of carbonyl (C=O) groups excluding carboxylic acids is 2. The Morgan fingerprint density at radius 2 is 1.55 bits per heavy atom. The minimum Gasteiger partial charge on any atom is -0.374 e. The summed E-state index contributed by atoms with van der Waals surface area (Å²) in [6.07, 6.45) is 3.37. The molecule has 4 rings (SSSR count). The fraction of sp³-hybridized carbons (Fsp3) is 0.636. The molecule has 1 atom stereocenters. The number of rotatable bonds is 6. The maximum Gasteiger partial charge on any atom is 0.249 e. The van der Waals surface area contributed by atoms with Gasteiger partial charge < -0.3 is 15.5 Å². The molecular weight excluding hydrogens is 366 g/mol. The number of nitrogens with one attached hydrogen (secondary N) is 3. The number of benzene rings is 1. The Balaban J connectivity index is 1.21. The minimum absolute atomic E-state index is 0.178. The highest BCUT2D eigenvalue weighted by Gasteiger charge is 2.26. The van der Waals surface area contributed by atoms with Gasteiger partial charge in [-0.25, -0.2) is 0 Å². The Hall–Kier alpha value is -1.96. The van der Waals surface area contributed by atoms with Gasteiger partial charge in [0.25, 0.3) is 0 Å². The Labute approximate surface area is 173 Å². The molecular formula is C22H33N5O2. The van der Waals surface area contributed by atoms with Crippen LogP contribution in [0.15, 0.2) is 24.3 Å². The lowest BCUT2D eigenvalue weighted by atomic mass is 9.89. The molecule has 3 fully saturated rings. The van der Waals surface area contributed by atoms with Gasteiger partial charge in [0.05, 0.1) is 0 Å². The van der Waals surface area contributed by atoms with Crippen molar-refractivity contribution in [3.63, 3.8) is 0 Å². The molecule has 1 unspecified atom stereocenters. The van der Waals surface area contributed by atoms with Crippen molar-refractivity contribution in [2.45, 2.75) is 37.6 Å². The fourth-order valence-electron chi connectivity index (χ4n) is 4.59. The van der Waals surface area contributed by atoms with Crippen LogP contribution in [0.25, 0.3) is 0 Å². The number of nitrogens with zero attached hydrogens (tertiary/aromatic N) is 2. The van der Waals surface area contributed by atoms with Crippen molar-refractivity contribution in [2.24, 2.45) is 0 Å². The molecule has 0 radical (unpaired) electrons. The van der Waals surface area contributed by atoms with Gasteiger partial charge in [-0.2, -0.15) is 0 Å². The van der Waals surface area contributed by atoms with Crippen LogP contribution in [-0.4, -0.2) is 80.0 Å². The molecule has 0 saturated carbocycles. The predicted octanol–water partition coefficient (Wildman–Crippen LogP) is 0.988. The van der Waals surface area contributed by atoms with E-state index in [0.717, 1.165) is 18.8 Å². The van der Waals surface area contributed by atoms with Crippen LogP contribution in [0.3, 0.4) is 0 Å². The number of hydrogen-bond donors (Lipinski definition) is 3. The Bertz CT molecular complexity index is 694. The normalized spacial score (nSPS) is 25.0. The zero-order valence-electron chi connectivity index (χ0n) is 17.2. The molecule has 29 heavy (non-hydrogen) atoms. The van der Waals surface area contributed by atoms with Crippen molar-refractivity contribution >= 4 is 17.5 Å². The van der Waals surface area contributed by atoms with Crippen molar-refractivity contribution in [2.75, 3.05) is 57.7 Å². The Morgan fingerprint density at radius 3 is 2.21 bits per heavy atom. The highest BCUT2D eigenvalue weighted by Crippen LogP contribution is 2.29. The zero-order valence-corrected chi connectivity index (χ0v) is 17.2. The average molecular weight is 400 g/mol. The topological polar surface area (TPSA) is 76.7 Å². The van der Waals surface area contributed by atoms with Gasteiger partial charge in [0.15, 0.2) is 0 Å². The molecule has 7 nitrogen and oxygen atoms in total. The van der Waals surface area contributed by atoms with Gasteiger partial charge in [-0.3, -0.25) is 19.8 Å². The number of hydrogen-bond acceptors (Lipinski definition) is 6. The molecule has 0 aliphatic carbocycles. The van der Waals surface area contributed by atoms with Gasteiger partial charge in [-0.15, -0.1) is 0 Å². The summed E-state index contributed by atoms with van der Waals surface area (Å²) < 4.78 is 0. The number of piperazine rings is 1. The molecule has 1 aromatic rings. The molecule has 3 aliphatic rings. The van der Waals surface area contributed by atoms with E-state index >= 15 is 0 Å². The van der Waals surface area contributed by atoms with Gasteiger partial charge in [-0.05, 0) is 56.0 Å². The summed E-state index contributed by atoms with van der Waals surface area (Å²) in [5.74, 6) is 0.219. The number of likely N-dealkylation sites (tertiary alicyclic amines) is 1. The monoisotopic (exact) mass is 399 g/mol.